The fourth-order valence-corrected chi connectivity index (χ4v) is 0.881. The van der Waals surface area contributed by atoms with Gasteiger partial charge in [-0.1, -0.05) is 0 Å². The van der Waals surface area contributed by atoms with Crippen LogP contribution in [0.3, 0.4) is 0 Å². The Bertz CT molecular complexity index is 214. The van der Waals surface area contributed by atoms with Crippen LogP contribution < -0.4 is 5.73 Å². The number of nitrogens with zero attached hydrogens (tertiary/aromatic N) is 1. The van der Waals surface area contributed by atoms with Gasteiger partial charge in [-0.25, -0.2) is 4.98 Å². The second-order valence-corrected chi connectivity index (χ2v) is 2.41. The second-order valence-electron chi connectivity index (χ2n) is 2.41. The molecule has 0 fully saturated rings. The Morgan fingerprint density at radius 2 is 2.55 bits per heavy atom. The van der Waals surface area contributed by atoms with Gasteiger partial charge in [0, 0.05) is 25.2 Å². The first-order chi connectivity index (χ1) is 5.29. The molecule has 4 nitrogen and oxygen atoms in total. The summed E-state index contributed by atoms with van der Waals surface area (Å²) >= 11 is 0. The van der Waals surface area contributed by atoms with Crippen LogP contribution in [0.5, 0.6) is 0 Å². The van der Waals surface area contributed by atoms with Crippen molar-refractivity contribution in [3.8, 4) is 0 Å². The molecule has 0 atom stereocenters. The Kier molecular flexibility index (Phi) is 2.66. The van der Waals surface area contributed by atoms with Gasteiger partial charge >= 0.3 is 0 Å². The molecule has 0 bridgehead atoms. The highest BCUT2D eigenvalue weighted by molar-refractivity contribution is 5.76. The quantitative estimate of drug-likeness (QED) is 0.438. The van der Waals surface area contributed by atoms with E-state index in [2.05, 4.69) is 9.97 Å². The Labute approximate surface area is 65.3 Å². The molecule has 0 aliphatic heterocycles. The summed E-state index contributed by atoms with van der Waals surface area (Å²) in [7, 11) is 0. The molecule has 0 radical (unpaired) electrons. The number of amidine groups is 1. The smallest absolute Gasteiger partial charge is 0.106 e. The van der Waals surface area contributed by atoms with Crippen LogP contribution in [-0.4, -0.2) is 15.8 Å². The van der Waals surface area contributed by atoms with Gasteiger partial charge in [-0.05, 0) is 6.42 Å². The van der Waals surface area contributed by atoms with Crippen molar-refractivity contribution in [2.45, 2.75) is 19.3 Å². The van der Waals surface area contributed by atoms with Gasteiger partial charge in [0.05, 0.1) is 5.84 Å². The summed E-state index contributed by atoms with van der Waals surface area (Å²) in [5, 5.41) is 6.97. The van der Waals surface area contributed by atoms with E-state index in [1.165, 1.54) is 0 Å². The molecule has 0 aliphatic rings. The van der Waals surface area contributed by atoms with Crippen LogP contribution >= 0.6 is 0 Å². The summed E-state index contributed by atoms with van der Waals surface area (Å²) in [4.78, 5) is 7.03. The Hall–Kier alpha value is -1.32. The van der Waals surface area contributed by atoms with E-state index in [1.54, 1.807) is 12.4 Å². The number of aromatic amines is 1. The summed E-state index contributed by atoms with van der Waals surface area (Å²) < 4.78 is 0. The van der Waals surface area contributed by atoms with E-state index in [9.17, 15) is 0 Å². The third kappa shape index (κ3) is 2.84. The standard InChI is InChI=1S/C7H12N4/c8-6(9)2-1-3-7-10-4-5-11-7/h4-5H,1-3H2,(H3,8,9)(H,10,11). The zero-order chi connectivity index (χ0) is 8.10. The van der Waals surface area contributed by atoms with Crippen molar-refractivity contribution in [2.24, 2.45) is 5.73 Å². The molecule has 4 heteroatoms. The molecule has 1 rings (SSSR count). The third-order valence-electron chi connectivity index (χ3n) is 1.41. The van der Waals surface area contributed by atoms with Gasteiger partial charge in [0.1, 0.15) is 5.82 Å². The first-order valence-corrected chi connectivity index (χ1v) is 3.60. The maximum atomic E-state index is 6.97. The minimum atomic E-state index is 0.247. The van der Waals surface area contributed by atoms with E-state index in [0.717, 1.165) is 18.7 Å². The predicted molar refractivity (Wildman–Crippen MR) is 43.4 cm³/mol. The average molecular weight is 152 g/mol. The topological polar surface area (TPSA) is 78.6 Å². The highest BCUT2D eigenvalue weighted by atomic mass is 14.9. The summed E-state index contributed by atoms with van der Waals surface area (Å²) in [6, 6.07) is 0. The van der Waals surface area contributed by atoms with Crippen LogP contribution in [0.4, 0.5) is 0 Å². The second kappa shape index (κ2) is 3.75. The molecule has 1 heterocycles. The monoisotopic (exact) mass is 152 g/mol. The first kappa shape index (κ1) is 7.78. The van der Waals surface area contributed by atoms with Crippen LogP contribution in [0, 0.1) is 5.41 Å². The van der Waals surface area contributed by atoms with E-state index < -0.39 is 0 Å². The van der Waals surface area contributed by atoms with Gasteiger partial charge in [0.15, 0.2) is 0 Å². The number of nitrogens with two attached hydrogens (primary N) is 1. The minimum absolute atomic E-state index is 0.247. The van der Waals surface area contributed by atoms with Gasteiger partial charge in [0.25, 0.3) is 0 Å². The van der Waals surface area contributed by atoms with Gasteiger partial charge in [0.2, 0.25) is 0 Å². The molecule has 0 aliphatic carbocycles. The molecule has 1 aromatic rings. The van der Waals surface area contributed by atoms with Crippen molar-refractivity contribution in [1.82, 2.24) is 9.97 Å². The van der Waals surface area contributed by atoms with Crippen molar-refractivity contribution in [1.29, 1.82) is 5.41 Å². The predicted octanol–water partition coefficient (Wildman–Crippen LogP) is 0.668. The normalized spacial score (nSPS) is 9.82. The molecule has 60 valence electrons. The number of H-pyrrole nitrogens is 1. The Morgan fingerprint density at radius 1 is 1.73 bits per heavy atom. The molecular weight excluding hydrogens is 140 g/mol. The van der Waals surface area contributed by atoms with Crippen molar-refractivity contribution in [3.05, 3.63) is 18.2 Å². The molecule has 0 spiro atoms. The summed E-state index contributed by atoms with van der Waals surface area (Å²) in [6.45, 7) is 0. The zero-order valence-corrected chi connectivity index (χ0v) is 6.30. The van der Waals surface area contributed by atoms with Crippen LogP contribution in [0.2, 0.25) is 0 Å². The molecule has 11 heavy (non-hydrogen) atoms. The van der Waals surface area contributed by atoms with E-state index in [0.29, 0.717) is 6.42 Å². The number of imidazole rings is 1. The number of rotatable bonds is 4. The van der Waals surface area contributed by atoms with Crippen LogP contribution in [0.25, 0.3) is 0 Å². The minimum Gasteiger partial charge on any atom is -0.388 e. The first-order valence-electron chi connectivity index (χ1n) is 3.60. The van der Waals surface area contributed by atoms with E-state index in [1.807, 2.05) is 0 Å². The molecule has 4 N–H and O–H groups in total. The van der Waals surface area contributed by atoms with E-state index in [4.69, 9.17) is 11.1 Å². The van der Waals surface area contributed by atoms with Crippen molar-refractivity contribution >= 4 is 5.84 Å². The zero-order valence-electron chi connectivity index (χ0n) is 6.30. The highest BCUT2D eigenvalue weighted by Gasteiger charge is 1.94. The molecule has 0 unspecified atom stereocenters. The van der Waals surface area contributed by atoms with E-state index >= 15 is 0 Å². The summed E-state index contributed by atoms with van der Waals surface area (Å²) in [5.74, 6) is 1.21. The number of aromatic nitrogens is 2. The van der Waals surface area contributed by atoms with Gasteiger partial charge in [-0.2, -0.15) is 0 Å². The molecular formula is C7H12N4. The Morgan fingerprint density at radius 3 is 3.09 bits per heavy atom. The maximum Gasteiger partial charge on any atom is 0.106 e. The van der Waals surface area contributed by atoms with Crippen LogP contribution in [-0.2, 0) is 6.42 Å². The molecule has 0 saturated heterocycles. The number of aryl methyl sites for hydroxylation is 1. The van der Waals surface area contributed by atoms with Gasteiger partial charge in [-0.15, -0.1) is 0 Å². The number of hydrogen-bond donors (Lipinski definition) is 3. The lowest BCUT2D eigenvalue weighted by Crippen LogP contribution is -2.09. The van der Waals surface area contributed by atoms with E-state index in [-0.39, 0.29) is 5.84 Å². The lowest BCUT2D eigenvalue weighted by Gasteiger charge is -1.95. The van der Waals surface area contributed by atoms with Crippen LogP contribution in [0.15, 0.2) is 12.4 Å². The maximum absolute atomic E-state index is 6.97. The highest BCUT2D eigenvalue weighted by Crippen LogP contribution is 1.97. The molecule has 0 saturated carbocycles. The van der Waals surface area contributed by atoms with Gasteiger partial charge in [-0.3, -0.25) is 5.41 Å². The molecule has 1 aromatic heterocycles. The SMILES string of the molecule is N=C(N)CCCc1ncc[nH]1. The Balaban J connectivity index is 2.19. The van der Waals surface area contributed by atoms with Crippen molar-refractivity contribution in [2.75, 3.05) is 0 Å². The fourth-order valence-electron chi connectivity index (χ4n) is 0.881. The summed E-state index contributed by atoms with van der Waals surface area (Å²) in [5.41, 5.74) is 5.18. The lowest BCUT2D eigenvalue weighted by atomic mass is 10.2. The summed E-state index contributed by atoms with van der Waals surface area (Å²) in [6.07, 6.45) is 5.93. The largest absolute Gasteiger partial charge is 0.388 e. The number of hydrogen-bond acceptors (Lipinski definition) is 2. The van der Waals surface area contributed by atoms with Crippen LogP contribution in [0.1, 0.15) is 18.7 Å². The molecule has 0 aromatic carbocycles. The number of nitrogens with one attached hydrogen (secondary N) is 2. The third-order valence-corrected chi connectivity index (χ3v) is 1.41. The lowest BCUT2D eigenvalue weighted by molar-refractivity contribution is 0.811. The average Bonchev–Trinajstić information content (AvgIpc) is 2.39. The van der Waals surface area contributed by atoms with Crippen molar-refractivity contribution < 1.29 is 0 Å². The van der Waals surface area contributed by atoms with Crippen molar-refractivity contribution in [3.63, 3.8) is 0 Å². The fraction of sp³-hybridized carbons (Fsp3) is 0.429. The molecule has 0 amide bonds. The van der Waals surface area contributed by atoms with Gasteiger partial charge < -0.3 is 10.7 Å².